The molecule has 2 heterocycles. The molecule has 104 valence electrons. The number of amides is 1. The van der Waals surface area contributed by atoms with Crippen LogP contribution in [0, 0.1) is 5.92 Å². The number of rotatable bonds is 3. The molecule has 0 aliphatic carbocycles. The zero-order valence-corrected chi connectivity index (χ0v) is 11.2. The summed E-state index contributed by atoms with van der Waals surface area (Å²) in [7, 11) is 0. The molecule has 1 N–H and O–H groups in total. The fraction of sp³-hybridized carbons (Fsp3) is 0.615. The largest absolute Gasteiger partial charge is 0.477 e. The Bertz CT molecular complexity index is 475. The van der Waals surface area contributed by atoms with Gasteiger partial charge in [-0.15, -0.1) is 0 Å². The van der Waals surface area contributed by atoms with Crippen molar-refractivity contribution in [2.75, 3.05) is 13.1 Å². The number of hydrogen-bond donors (Lipinski definition) is 1. The quantitative estimate of drug-likeness (QED) is 0.896. The minimum Gasteiger partial charge on any atom is -0.477 e. The molecule has 6 nitrogen and oxygen atoms in total. The Hall–Kier alpha value is -1.85. The van der Waals surface area contributed by atoms with E-state index in [-0.39, 0.29) is 11.6 Å². The SMILES string of the molecule is CC1CCN(C(=O)C(C)n2nccc2C(=O)O)CC1. The molecule has 1 unspecified atom stereocenters. The molecule has 6 heteroatoms. The van der Waals surface area contributed by atoms with E-state index in [1.54, 1.807) is 11.8 Å². The first-order chi connectivity index (χ1) is 9.00. The van der Waals surface area contributed by atoms with Crippen molar-refractivity contribution >= 4 is 11.9 Å². The van der Waals surface area contributed by atoms with Crippen LogP contribution in [0.15, 0.2) is 12.3 Å². The van der Waals surface area contributed by atoms with Crippen molar-refractivity contribution in [2.24, 2.45) is 5.92 Å². The van der Waals surface area contributed by atoms with Gasteiger partial charge in [0.05, 0.1) is 0 Å². The van der Waals surface area contributed by atoms with Gasteiger partial charge in [-0.05, 0) is 31.7 Å². The van der Waals surface area contributed by atoms with E-state index in [1.165, 1.54) is 16.9 Å². The zero-order valence-electron chi connectivity index (χ0n) is 11.2. The molecule has 1 fully saturated rings. The molecule has 1 aromatic rings. The second kappa shape index (κ2) is 5.42. The molecular weight excluding hydrogens is 246 g/mol. The van der Waals surface area contributed by atoms with Crippen LogP contribution in [0.5, 0.6) is 0 Å². The fourth-order valence-corrected chi connectivity index (χ4v) is 2.39. The average molecular weight is 265 g/mol. The Morgan fingerprint density at radius 1 is 1.42 bits per heavy atom. The van der Waals surface area contributed by atoms with Gasteiger partial charge in [0, 0.05) is 19.3 Å². The Labute approximate surface area is 112 Å². The highest BCUT2D eigenvalue weighted by Crippen LogP contribution is 2.20. The van der Waals surface area contributed by atoms with E-state index in [4.69, 9.17) is 5.11 Å². The number of carboxylic acid groups (broad SMARTS) is 1. The Morgan fingerprint density at radius 2 is 2.05 bits per heavy atom. The molecule has 1 atom stereocenters. The Balaban J connectivity index is 2.10. The molecule has 1 amide bonds. The number of aromatic nitrogens is 2. The van der Waals surface area contributed by atoms with Crippen LogP contribution < -0.4 is 0 Å². The first-order valence-corrected chi connectivity index (χ1v) is 6.56. The summed E-state index contributed by atoms with van der Waals surface area (Å²) in [6.07, 6.45) is 3.41. The summed E-state index contributed by atoms with van der Waals surface area (Å²) >= 11 is 0. The van der Waals surface area contributed by atoms with Gasteiger partial charge in [0.25, 0.3) is 0 Å². The van der Waals surface area contributed by atoms with E-state index in [0.29, 0.717) is 5.92 Å². The lowest BCUT2D eigenvalue weighted by molar-refractivity contribution is -0.135. The zero-order chi connectivity index (χ0) is 14.0. The smallest absolute Gasteiger partial charge is 0.354 e. The van der Waals surface area contributed by atoms with E-state index in [0.717, 1.165) is 25.9 Å². The third-order valence-corrected chi connectivity index (χ3v) is 3.71. The van der Waals surface area contributed by atoms with Gasteiger partial charge in [-0.3, -0.25) is 4.79 Å². The molecule has 19 heavy (non-hydrogen) atoms. The Kier molecular flexibility index (Phi) is 3.87. The van der Waals surface area contributed by atoms with Crippen LogP contribution in [0.2, 0.25) is 0 Å². The maximum Gasteiger partial charge on any atom is 0.354 e. The standard InChI is InChI=1S/C13H19N3O3/c1-9-4-7-15(8-5-9)12(17)10(2)16-11(13(18)19)3-6-14-16/h3,6,9-10H,4-5,7-8H2,1-2H3,(H,18,19). The van der Waals surface area contributed by atoms with Crippen molar-refractivity contribution in [1.82, 2.24) is 14.7 Å². The lowest BCUT2D eigenvalue weighted by Crippen LogP contribution is -2.42. The van der Waals surface area contributed by atoms with Crippen molar-refractivity contribution in [1.29, 1.82) is 0 Å². The monoisotopic (exact) mass is 265 g/mol. The highest BCUT2D eigenvalue weighted by molar-refractivity contribution is 5.87. The minimum absolute atomic E-state index is 0.0474. The maximum atomic E-state index is 12.4. The lowest BCUT2D eigenvalue weighted by atomic mass is 9.99. The first-order valence-electron chi connectivity index (χ1n) is 6.56. The summed E-state index contributed by atoms with van der Waals surface area (Å²) in [5.74, 6) is -0.471. The van der Waals surface area contributed by atoms with Crippen LogP contribution in [0.3, 0.4) is 0 Å². The molecule has 0 saturated carbocycles. The summed E-state index contributed by atoms with van der Waals surface area (Å²) in [6, 6.07) is 0.833. The summed E-state index contributed by atoms with van der Waals surface area (Å²) in [4.78, 5) is 25.2. The molecule has 2 rings (SSSR count). The highest BCUT2D eigenvalue weighted by Gasteiger charge is 2.27. The highest BCUT2D eigenvalue weighted by atomic mass is 16.4. The molecule has 1 aliphatic heterocycles. The van der Waals surface area contributed by atoms with Crippen molar-refractivity contribution in [3.63, 3.8) is 0 Å². The number of hydrogen-bond acceptors (Lipinski definition) is 3. The van der Waals surface area contributed by atoms with Crippen LogP contribution in [0.1, 0.15) is 43.2 Å². The van der Waals surface area contributed by atoms with E-state index >= 15 is 0 Å². The predicted octanol–water partition coefficient (Wildman–Crippen LogP) is 1.40. The first kappa shape index (κ1) is 13.6. The summed E-state index contributed by atoms with van der Waals surface area (Å²) in [5, 5.41) is 13.0. The maximum absolute atomic E-state index is 12.4. The molecule has 0 radical (unpaired) electrons. The molecule has 0 aromatic carbocycles. The van der Waals surface area contributed by atoms with Gasteiger partial charge in [-0.2, -0.15) is 5.10 Å². The van der Waals surface area contributed by atoms with Crippen LogP contribution in [-0.2, 0) is 4.79 Å². The number of carbonyl (C=O) groups excluding carboxylic acids is 1. The number of carboxylic acids is 1. The lowest BCUT2D eigenvalue weighted by Gasteiger charge is -2.32. The molecule has 0 spiro atoms. The summed E-state index contributed by atoms with van der Waals surface area (Å²) < 4.78 is 1.28. The number of aromatic carboxylic acids is 1. The van der Waals surface area contributed by atoms with Gasteiger partial charge in [-0.25, -0.2) is 9.48 Å². The molecule has 1 aliphatic rings. The van der Waals surface area contributed by atoms with Gasteiger partial charge >= 0.3 is 5.97 Å². The van der Waals surface area contributed by atoms with Gasteiger partial charge in [0.2, 0.25) is 5.91 Å². The Morgan fingerprint density at radius 3 is 2.63 bits per heavy atom. The van der Waals surface area contributed by atoms with Crippen LogP contribution >= 0.6 is 0 Å². The van der Waals surface area contributed by atoms with E-state index in [1.807, 2.05) is 0 Å². The van der Waals surface area contributed by atoms with Crippen molar-refractivity contribution in [2.45, 2.75) is 32.7 Å². The van der Waals surface area contributed by atoms with Crippen LogP contribution in [0.4, 0.5) is 0 Å². The molecule has 0 bridgehead atoms. The van der Waals surface area contributed by atoms with Crippen molar-refractivity contribution in [3.05, 3.63) is 18.0 Å². The number of nitrogens with zero attached hydrogens (tertiary/aromatic N) is 3. The third kappa shape index (κ3) is 2.77. The minimum atomic E-state index is -1.07. The number of carbonyl (C=O) groups is 2. The van der Waals surface area contributed by atoms with Gasteiger partial charge in [0.1, 0.15) is 11.7 Å². The van der Waals surface area contributed by atoms with E-state index < -0.39 is 12.0 Å². The third-order valence-electron chi connectivity index (χ3n) is 3.71. The fourth-order valence-electron chi connectivity index (χ4n) is 2.39. The van der Waals surface area contributed by atoms with Gasteiger partial charge < -0.3 is 10.0 Å². The van der Waals surface area contributed by atoms with Crippen LogP contribution in [0.25, 0.3) is 0 Å². The summed E-state index contributed by atoms with van der Waals surface area (Å²) in [6.45, 7) is 5.36. The number of piperidine rings is 1. The summed E-state index contributed by atoms with van der Waals surface area (Å²) in [5.41, 5.74) is 0.0474. The second-order valence-corrected chi connectivity index (χ2v) is 5.15. The average Bonchev–Trinajstić information content (AvgIpc) is 2.87. The molecule has 1 aromatic heterocycles. The molecular formula is C13H19N3O3. The second-order valence-electron chi connectivity index (χ2n) is 5.15. The normalized spacial score (nSPS) is 18.3. The van der Waals surface area contributed by atoms with Crippen molar-refractivity contribution < 1.29 is 14.7 Å². The topological polar surface area (TPSA) is 75.4 Å². The van der Waals surface area contributed by atoms with Crippen molar-refractivity contribution in [3.8, 4) is 0 Å². The van der Waals surface area contributed by atoms with Gasteiger partial charge in [-0.1, -0.05) is 6.92 Å². The number of likely N-dealkylation sites (tertiary alicyclic amines) is 1. The van der Waals surface area contributed by atoms with E-state index in [2.05, 4.69) is 12.0 Å². The van der Waals surface area contributed by atoms with Crippen LogP contribution in [-0.4, -0.2) is 44.8 Å². The predicted molar refractivity (Wildman–Crippen MR) is 68.9 cm³/mol. The van der Waals surface area contributed by atoms with Gasteiger partial charge in [0.15, 0.2) is 0 Å². The van der Waals surface area contributed by atoms with E-state index in [9.17, 15) is 9.59 Å². The molecule has 1 saturated heterocycles.